The molecule has 0 aliphatic carbocycles. The van der Waals surface area contributed by atoms with Crippen molar-refractivity contribution in [1.82, 2.24) is 10.2 Å². The van der Waals surface area contributed by atoms with E-state index in [0.29, 0.717) is 5.13 Å². The van der Waals surface area contributed by atoms with Crippen LogP contribution in [-0.4, -0.2) is 21.9 Å². The number of nitrogens with zero attached hydrogens (tertiary/aromatic N) is 3. The zero-order valence-electron chi connectivity index (χ0n) is 11.2. The fraction of sp³-hybridized carbons (Fsp3) is 0.143. The average Bonchev–Trinajstić information content (AvgIpc) is 2.93. The van der Waals surface area contributed by atoms with Gasteiger partial charge in [0, 0.05) is 0 Å². The maximum atomic E-state index is 12.0. The van der Waals surface area contributed by atoms with Gasteiger partial charge in [-0.2, -0.15) is 5.26 Å². The molecule has 0 fully saturated rings. The highest BCUT2D eigenvalue weighted by Crippen LogP contribution is 2.25. The van der Waals surface area contributed by atoms with Gasteiger partial charge in [-0.25, -0.2) is 0 Å². The predicted molar refractivity (Wildman–Crippen MR) is 85.0 cm³/mol. The van der Waals surface area contributed by atoms with Gasteiger partial charge in [0.1, 0.15) is 11.6 Å². The molecule has 1 amide bonds. The minimum atomic E-state index is -0.481. The molecule has 21 heavy (non-hydrogen) atoms. The minimum absolute atomic E-state index is 0.0288. The molecule has 0 aliphatic heterocycles. The van der Waals surface area contributed by atoms with Gasteiger partial charge >= 0.3 is 0 Å². The number of rotatable bonds is 5. The Morgan fingerprint density at radius 2 is 2.19 bits per heavy atom. The molecule has 0 bridgehead atoms. The van der Waals surface area contributed by atoms with Gasteiger partial charge in [-0.3, -0.25) is 10.1 Å². The molecule has 0 unspecified atom stereocenters. The van der Waals surface area contributed by atoms with Crippen molar-refractivity contribution in [2.45, 2.75) is 11.3 Å². The topological polar surface area (TPSA) is 78.7 Å². The van der Waals surface area contributed by atoms with E-state index in [9.17, 15) is 4.79 Å². The van der Waals surface area contributed by atoms with Crippen LogP contribution in [0.2, 0.25) is 0 Å². The largest absolute Gasteiger partial charge is 0.296 e. The van der Waals surface area contributed by atoms with Crippen LogP contribution >= 0.6 is 23.1 Å². The predicted octanol–water partition coefficient (Wildman–Crippen LogP) is 3.20. The molecule has 0 atom stereocenters. The summed E-state index contributed by atoms with van der Waals surface area (Å²) in [5, 5.41) is 19.9. The maximum Gasteiger partial charge on any atom is 0.268 e. The van der Waals surface area contributed by atoms with Crippen molar-refractivity contribution in [3.63, 3.8) is 0 Å². The Labute approximate surface area is 130 Å². The van der Waals surface area contributed by atoms with Crippen LogP contribution in [0.5, 0.6) is 0 Å². The second kappa shape index (κ2) is 7.57. The summed E-state index contributed by atoms with van der Waals surface area (Å²) in [5.74, 6) is 0.408. The normalized spacial score (nSPS) is 11.0. The number of benzene rings is 1. The van der Waals surface area contributed by atoms with Gasteiger partial charge in [0.25, 0.3) is 5.91 Å². The third kappa shape index (κ3) is 4.41. The summed E-state index contributed by atoms with van der Waals surface area (Å²) in [6.07, 6.45) is 1.54. The first-order valence-electron chi connectivity index (χ1n) is 6.17. The first-order chi connectivity index (χ1) is 10.2. The van der Waals surface area contributed by atoms with Gasteiger partial charge in [-0.1, -0.05) is 60.4 Å². The van der Waals surface area contributed by atoms with Gasteiger partial charge in [-0.15, -0.1) is 10.2 Å². The molecule has 0 saturated heterocycles. The van der Waals surface area contributed by atoms with Crippen LogP contribution in [0.25, 0.3) is 6.08 Å². The molecule has 1 N–H and O–H groups in total. The number of nitrogens with one attached hydrogen (secondary N) is 1. The molecule has 0 aliphatic rings. The summed E-state index contributed by atoms with van der Waals surface area (Å²) in [7, 11) is 0. The van der Waals surface area contributed by atoms with Crippen LogP contribution in [0.3, 0.4) is 0 Å². The SMILES string of the molecule is CCSc1nnc(NC(=O)/C(C#N)=C/c2ccccc2)s1. The number of carbonyl (C=O) groups is 1. The lowest BCUT2D eigenvalue weighted by atomic mass is 10.1. The highest BCUT2D eigenvalue weighted by molar-refractivity contribution is 8.01. The van der Waals surface area contributed by atoms with E-state index >= 15 is 0 Å². The van der Waals surface area contributed by atoms with E-state index in [1.54, 1.807) is 11.8 Å². The molecule has 106 valence electrons. The van der Waals surface area contributed by atoms with Crippen LogP contribution < -0.4 is 5.32 Å². The molecule has 5 nitrogen and oxygen atoms in total. The molecule has 1 heterocycles. The summed E-state index contributed by atoms with van der Waals surface area (Å²) >= 11 is 2.85. The Morgan fingerprint density at radius 1 is 1.43 bits per heavy atom. The number of amides is 1. The molecule has 7 heteroatoms. The number of aromatic nitrogens is 2. The van der Waals surface area contributed by atoms with Gasteiger partial charge in [0.2, 0.25) is 5.13 Å². The molecule has 0 radical (unpaired) electrons. The lowest BCUT2D eigenvalue weighted by Gasteiger charge is -1.99. The van der Waals surface area contributed by atoms with Crippen molar-refractivity contribution in [3.05, 3.63) is 41.5 Å². The van der Waals surface area contributed by atoms with Crippen molar-refractivity contribution in [2.24, 2.45) is 0 Å². The first kappa shape index (κ1) is 15.2. The molecule has 0 saturated carbocycles. The summed E-state index contributed by atoms with van der Waals surface area (Å²) in [6.45, 7) is 2.01. The molecule has 1 aromatic carbocycles. The monoisotopic (exact) mass is 316 g/mol. The second-order valence-electron chi connectivity index (χ2n) is 3.84. The standard InChI is InChI=1S/C14H12N4OS2/c1-2-20-14-18-17-13(21-14)16-12(19)11(9-15)8-10-6-4-3-5-7-10/h3-8H,2H2,1H3,(H,16,17,19)/b11-8+. The Bertz CT molecular complexity index is 688. The molecule has 1 aromatic heterocycles. The van der Waals surface area contributed by atoms with Gasteiger partial charge in [0.05, 0.1) is 0 Å². The number of hydrogen-bond donors (Lipinski definition) is 1. The van der Waals surface area contributed by atoms with Crippen molar-refractivity contribution < 1.29 is 4.79 Å². The molecular formula is C14H12N4OS2. The summed E-state index contributed by atoms with van der Waals surface area (Å²) in [6, 6.07) is 11.1. The van der Waals surface area contributed by atoms with E-state index in [1.807, 2.05) is 43.3 Å². The fourth-order valence-corrected chi connectivity index (χ4v) is 3.12. The minimum Gasteiger partial charge on any atom is -0.296 e. The first-order valence-corrected chi connectivity index (χ1v) is 7.97. The Balaban J connectivity index is 2.10. The summed E-state index contributed by atoms with van der Waals surface area (Å²) in [5.41, 5.74) is 0.824. The van der Waals surface area contributed by atoms with E-state index in [-0.39, 0.29) is 5.57 Å². The molecule has 0 spiro atoms. The quantitative estimate of drug-likeness (QED) is 0.396. The molecule has 2 rings (SSSR count). The number of nitriles is 1. The van der Waals surface area contributed by atoms with E-state index in [0.717, 1.165) is 15.7 Å². The molecular weight excluding hydrogens is 304 g/mol. The van der Waals surface area contributed by atoms with Gasteiger partial charge < -0.3 is 0 Å². The average molecular weight is 316 g/mol. The number of thioether (sulfide) groups is 1. The van der Waals surface area contributed by atoms with Crippen molar-refractivity contribution in [3.8, 4) is 6.07 Å². The van der Waals surface area contributed by atoms with E-state index in [4.69, 9.17) is 5.26 Å². The highest BCUT2D eigenvalue weighted by Gasteiger charge is 2.12. The third-order valence-electron chi connectivity index (χ3n) is 2.37. The number of anilines is 1. The number of hydrogen-bond acceptors (Lipinski definition) is 6. The smallest absolute Gasteiger partial charge is 0.268 e. The van der Waals surface area contributed by atoms with E-state index in [1.165, 1.54) is 17.4 Å². The maximum absolute atomic E-state index is 12.0. The van der Waals surface area contributed by atoms with Crippen LogP contribution in [0, 0.1) is 11.3 Å². The Morgan fingerprint density at radius 3 is 2.86 bits per heavy atom. The van der Waals surface area contributed by atoms with Crippen LogP contribution in [0.4, 0.5) is 5.13 Å². The van der Waals surface area contributed by atoms with Crippen molar-refractivity contribution in [2.75, 3.05) is 11.1 Å². The highest BCUT2D eigenvalue weighted by atomic mass is 32.2. The summed E-state index contributed by atoms with van der Waals surface area (Å²) in [4.78, 5) is 12.0. The fourth-order valence-electron chi connectivity index (χ4n) is 1.47. The lowest BCUT2D eigenvalue weighted by Crippen LogP contribution is -2.13. The van der Waals surface area contributed by atoms with Crippen molar-refractivity contribution in [1.29, 1.82) is 5.26 Å². The van der Waals surface area contributed by atoms with Crippen LogP contribution in [0.1, 0.15) is 12.5 Å². The second-order valence-corrected chi connectivity index (χ2v) is 6.33. The van der Waals surface area contributed by atoms with Gasteiger partial charge in [-0.05, 0) is 17.4 Å². The van der Waals surface area contributed by atoms with E-state index in [2.05, 4.69) is 15.5 Å². The Kier molecular flexibility index (Phi) is 5.49. The van der Waals surface area contributed by atoms with Crippen LogP contribution in [0.15, 0.2) is 40.2 Å². The summed E-state index contributed by atoms with van der Waals surface area (Å²) < 4.78 is 0.790. The van der Waals surface area contributed by atoms with Crippen molar-refractivity contribution >= 4 is 40.2 Å². The van der Waals surface area contributed by atoms with Gasteiger partial charge in [0.15, 0.2) is 4.34 Å². The van der Waals surface area contributed by atoms with Crippen LogP contribution in [-0.2, 0) is 4.79 Å². The third-order valence-corrected chi connectivity index (χ3v) is 4.22. The zero-order valence-corrected chi connectivity index (χ0v) is 12.9. The van der Waals surface area contributed by atoms with E-state index < -0.39 is 5.91 Å². The molecule has 2 aromatic rings. The number of carbonyl (C=O) groups excluding carboxylic acids is 1. The lowest BCUT2D eigenvalue weighted by molar-refractivity contribution is -0.112. The zero-order chi connectivity index (χ0) is 15.1. The Hall–Kier alpha value is -2.17.